The van der Waals surface area contributed by atoms with Gasteiger partial charge < -0.3 is 5.73 Å². The van der Waals surface area contributed by atoms with Gasteiger partial charge in [-0.1, -0.05) is 22.4 Å². The van der Waals surface area contributed by atoms with Crippen molar-refractivity contribution in [1.82, 2.24) is 0 Å². The maximum Gasteiger partial charge on any atom is 0.0176 e. The molecule has 0 saturated heterocycles. The molecule has 2 N–H and O–H groups in total. The average Bonchev–Trinajstić information content (AvgIpc) is 2.14. The van der Waals surface area contributed by atoms with Crippen LogP contribution in [-0.2, 0) is 0 Å². The zero-order valence-electron chi connectivity index (χ0n) is 8.66. The fourth-order valence-electron chi connectivity index (χ4n) is 1.73. The first-order chi connectivity index (χ1) is 7.25. The van der Waals surface area contributed by atoms with Crippen molar-refractivity contribution < 1.29 is 0 Å². The molecule has 1 nitrogen and oxygen atoms in total. The fourth-order valence-corrected chi connectivity index (χ4v) is 2.98. The van der Waals surface area contributed by atoms with Crippen LogP contribution in [0.15, 0.2) is 33.6 Å². The van der Waals surface area contributed by atoms with Gasteiger partial charge in [-0.3, -0.25) is 0 Å². The van der Waals surface area contributed by atoms with E-state index < -0.39 is 0 Å². The van der Waals surface area contributed by atoms with E-state index in [4.69, 9.17) is 5.73 Å². The summed E-state index contributed by atoms with van der Waals surface area (Å²) in [4.78, 5) is 1.31. The number of hydrogen-bond donors (Lipinski definition) is 1. The monoisotopic (exact) mass is 285 g/mol. The Morgan fingerprint density at radius 2 is 2.00 bits per heavy atom. The molecule has 1 aliphatic rings. The van der Waals surface area contributed by atoms with E-state index in [1.165, 1.54) is 24.2 Å². The number of nitrogens with two attached hydrogens (primary N) is 1. The van der Waals surface area contributed by atoms with Gasteiger partial charge in [-0.05, 0) is 43.0 Å². The highest BCUT2D eigenvalue weighted by Gasteiger charge is 2.24. The normalized spacial score (nSPS) is 18.5. The molecule has 15 heavy (non-hydrogen) atoms. The lowest BCUT2D eigenvalue weighted by Crippen LogP contribution is -2.36. The van der Waals surface area contributed by atoms with Crippen LogP contribution in [0.25, 0.3) is 0 Å². The Bertz CT molecular complexity index is 308. The van der Waals surface area contributed by atoms with Crippen LogP contribution >= 0.6 is 27.7 Å². The molecule has 1 fully saturated rings. The van der Waals surface area contributed by atoms with Gasteiger partial charge in [0.2, 0.25) is 0 Å². The second-order valence-electron chi connectivity index (χ2n) is 4.12. The summed E-state index contributed by atoms with van der Waals surface area (Å²) in [5.74, 6) is 1.83. The first-order valence-electron chi connectivity index (χ1n) is 5.39. The average molecular weight is 286 g/mol. The van der Waals surface area contributed by atoms with Crippen LogP contribution in [0.1, 0.15) is 19.3 Å². The number of thioether (sulfide) groups is 1. The Hall–Kier alpha value is 0.01000. The van der Waals surface area contributed by atoms with Crippen molar-refractivity contribution in [2.75, 3.05) is 5.75 Å². The van der Waals surface area contributed by atoms with Crippen molar-refractivity contribution in [3.63, 3.8) is 0 Å². The van der Waals surface area contributed by atoms with Crippen LogP contribution < -0.4 is 5.73 Å². The van der Waals surface area contributed by atoms with Gasteiger partial charge in [0.05, 0.1) is 0 Å². The summed E-state index contributed by atoms with van der Waals surface area (Å²) in [5, 5.41) is 0. The third kappa shape index (κ3) is 3.23. The van der Waals surface area contributed by atoms with Crippen LogP contribution in [0.3, 0.4) is 0 Å². The molecule has 1 unspecified atom stereocenters. The Labute approximate surface area is 104 Å². The lowest BCUT2D eigenvalue weighted by atomic mass is 9.81. The molecule has 1 saturated carbocycles. The van der Waals surface area contributed by atoms with Gasteiger partial charge in [0.25, 0.3) is 0 Å². The molecule has 0 radical (unpaired) electrons. The maximum absolute atomic E-state index is 6.13. The largest absolute Gasteiger partial charge is 0.327 e. The van der Waals surface area contributed by atoms with E-state index in [1.807, 2.05) is 11.8 Å². The molecule has 1 aromatic rings. The minimum Gasteiger partial charge on any atom is -0.327 e. The standard InChI is InChI=1S/C12H16BrNS/c13-10-4-6-11(7-5-10)15-8-12(14)9-2-1-3-9/h4-7,9,12H,1-3,8,14H2. The smallest absolute Gasteiger partial charge is 0.0176 e. The van der Waals surface area contributed by atoms with Crippen molar-refractivity contribution in [3.05, 3.63) is 28.7 Å². The topological polar surface area (TPSA) is 26.0 Å². The Morgan fingerprint density at radius 3 is 2.53 bits per heavy atom. The molecule has 0 spiro atoms. The minimum atomic E-state index is 0.382. The van der Waals surface area contributed by atoms with E-state index in [0.29, 0.717) is 6.04 Å². The van der Waals surface area contributed by atoms with E-state index in [9.17, 15) is 0 Å². The van der Waals surface area contributed by atoms with Crippen molar-refractivity contribution in [2.45, 2.75) is 30.2 Å². The number of rotatable bonds is 4. The van der Waals surface area contributed by atoms with Crippen LogP contribution in [0.4, 0.5) is 0 Å². The molecule has 0 bridgehead atoms. The first-order valence-corrected chi connectivity index (χ1v) is 7.17. The highest BCUT2D eigenvalue weighted by Crippen LogP contribution is 2.31. The molecule has 2 rings (SSSR count). The zero-order valence-corrected chi connectivity index (χ0v) is 11.1. The van der Waals surface area contributed by atoms with Crippen LogP contribution in [-0.4, -0.2) is 11.8 Å². The predicted octanol–water partition coefficient (Wildman–Crippen LogP) is 3.67. The zero-order chi connectivity index (χ0) is 10.7. The van der Waals surface area contributed by atoms with E-state index in [0.717, 1.165) is 16.1 Å². The van der Waals surface area contributed by atoms with Gasteiger partial charge >= 0.3 is 0 Å². The van der Waals surface area contributed by atoms with Gasteiger partial charge in [0.15, 0.2) is 0 Å². The molecule has 0 aliphatic heterocycles. The summed E-state index contributed by atoms with van der Waals surface area (Å²) in [6, 6.07) is 8.83. The first kappa shape index (κ1) is 11.5. The van der Waals surface area contributed by atoms with E-state index >= 15 is 0 Å². The molecule has 0 amide bonds. The van der Waals surface area contributed by atoms with Gasteiger partial charge in [0, 0.05) is 21.2 Å². The predicted molar refractivity (Wildman–Crippen MR) is 70.2 cm³/mol. The fraction of sp³-hybridized carbons (Fsp3) is 0.500. The molecule has 3 heteroatoms. The lowest BCUT2D eigenvalue weighted by Gasteiger charge is -2.30. The van der Waals surface area contributed by atoms with Crippen molar-refractivity contribution in [2.24, 2.45) is 11.7 Å². The number of benzene rings is 1. The summed E-state index contributed by atoms with van der Waals surface area (Å²) in [6.45, 7) is 0. The summed E-state index contributed by atoms with van der Waals surface area (Å²) < 4.78 is 1.13. The van der Waals surface area contributed by atoms with Gasteiger partial charge in [-0.15, -0.1) is 11.8 Å². The number of halogens is 1. The highest BCUT2D eigenvalue weighted by molar-refractivity contribution is 9.10. The van der Waals surface area contributed by atoms with Gasteiger partial charge in [-0.25, -0.2) is 0 Å². The van der Waals surface area contributed by atoms with E-state index in [-0.39, 0.29) is 0 Å². The molecule has 1 atom stereocenters. The van der Waals surface area contributed by atoms with E-state index in [2.05, 4.69) is 40.2 Å². The molecule has 82 valence electrons. The van der Waals surface area contributed by atoms with Crippen molar-refractivity contribution in [1.29, 1.82) is 0 Å². The molecule has 1 aliphatic carbocycles. The van der Waals surface area contributed by atoms with Gasteiger partial charge in [0.1, 0.15) is 0 Å². The quantitative estimate of drug-likeness (QED) is 0.855. The van der Waals surface area contributed by atoms with Crippen molar-refractivity contribution in [3.8, 4) is 0 Å². The molecular weight excluding hydrogens is 270 g/mol. The van der Waals surface area contributed by atoms with Crippen LogP contribution in [0.2, 0.25) is 0 Å². The lowest BCUT2D eigenvalue weighted by molar-refractivity contribution is 0.276. The SMILES string of the molecule is NC(CSc1ccc(Br)cc1)C1CCC1. The molecule has 0 heterocycles. The summed E-state index contributed by atoms with van der Waals surface area (Å²) in [7, 11) is 0. The summed E-state index contributed by atoms with van der Waals surface area (Å²) in [5.41, 5.74) is 6.13. The summed E-state index contributed by atoms with van der Waals surface area (Å²) >= 11 is 5.30. The van der Waals surface area contributed by atoms with Gasteiger partial charge in [-0.2, -0.15) is 0 Å². The van der Waals surface area contributed by atoms with Crippen LogP contribution in [0, 0.1) is 5.92 Å². The Kier molecular flexibility index (Phi) is 4.12. The van der Waals surface area contributed by atoms with Crippen molar-refractivity contribution >= 4 is 27.7 Å². The maximum atomic E-state index is 6.13. The highest BCUT2D eigenvalue weighted by atomic mass is 79.9. The number of hydrogen-bond acceptors (Lipinski definition) is 2. The third-order valence-corrected chi connectivity index (χ3v) is 4.70. The third-order valence-electron chi connectivity index (χ3n) is 3.01. The minimum absolute atomic E-state index is 0.382. The van der Waals surface area contributed by atoms with Crippen LogP contribution in [0.5, 0.6) is 0 Å². The van der Waals surface area contributed by atoms with E-state index in [1.54, 1.807) is 0 Å². The molecular formula is C12H16BrNS. The second kappa shape index (κ2) is 5.37. The molecule has 0 aromatic heterocycles. The second-order valence-corrected chi connectivity index (χ2v) is 6.13. The molecule has 1 aromatic carbocycles. The Morgan fingerprint density at radius 1 is 1.33 bits per heavy atom. The Balaban J connectivity index is 1.79. The summed E-state index contributed by atoms with van der Waals surface area (Å²) in [6.07, 6.45) is 4.05.